The zero-order valence-corrected chi connectivity index (χ0v) is 14.0. The summed E-state index contributed by atoms with van der Waals surface area (Å²) >= 11 is 0. The lowest BCUT2D eigenvalue weighted by Crippen LogP contribution is -2.61. The van der Waals surface area contributed by atoms with Crippen LogP contribution in [-0.2, 0) is 19.1 Å². The summed E-state index contributed by atoms with van der Waals surface area (Å²) in [6, 6.07) is 0. The summed E-state index contributed by atoms with van der Waals surface area (Å²) < 4.78 is 11.2. The normalized spacial score (nSPS) is 40.4. The number of allylic oxidation sites excluding steroid dienone is 2. The van der Waals surface area contributed by atoms with Gasteiger partial charge in [0.15, 0.2) is 0 Å². The van der Waals surface area contributed by atoms with Gasteiger partial charge >= 0.3 is 11.9 Å². The molecule has 6 heteroatoms. The van der Waals surface area contributed by atoms with Crippen molar-refractivity contribution in [2.75, 3.05) is 6.61 Å². The van der Waals surface area contributed by atoms with Gasteiger partial charge in [-0.05, 0) is 31.9 Å². The highest BCUT2D eigenvalue weighted by Crippen LogP contribution is 2.58. The summed E-state index contributed by atoms with van der Waals surface area (Å²) in [5, 5.41) is 20.1. The summed E-state index contributed by atoms with van der Waals surface area (Å²) in [5.74, 6) is -1.38. The lowest BCUT2D eigenvalue weighted by Gasteiger charge is -2.50. The third-order valence-electron chi connectivity index (χ3n) is 5.00. The number of ether oxygens (including phenoxy) is 2. The zero-order chi connectivity index (χ0) is 17.5. The van der Waals surface area contributed by atoms with Gasteiger partial charge < -0.3 is 19.7 Å². The van der Waals surface area contributed by atoms with Crippen LogP contribution in [0.5, 0.6) is 0 Å². The molecule has 0 radical (unpaired) electrons. The van der Waals surface area contributed by atoms with Gasteiger partial charge in [-0.3, -0.25) is 4.79 Å². The van der Waals surface area contributed by atoms with Gasteiger partial charge in [-0.15, -0.1) is 0 Å². The molecule has 1 aliphatic carbocycles. The first-order valence-electron chi connectivity index (χ1n) is 7.65. The maximum atomic E-state index is 11.3. The molecule has 128 valence electrons. The Labute approximate surface area is 135 Å². The molecule has 0 aromatic carbocycles. The second kappa shape index (κ2) is 5.76. The van der Waals surface area contributed by atoms with Crippen molar-refractivity contribution in [1.29, 1.82) is 0 Å². The predicted octanol–water partition coefficient (Wildman–Crippen LogP) is 1.83. The van der Waals surface area contributed by atoms with Crippen molar-refractivity contribution in [1.82, 2.24) is 0 Å². The number of aliphatic hydroxyl groups is 1. The number of hydrogen-bond acceptors (Lipinski definition) is 5. The Hall–Kier alpha value is -1.66. The SMILES string of the molecule is CC(=O)OC1CC2(C)OC[C@@](C)(C1)[C@@]2(O)/C=C/C(C)=C\C(=O)O. The summed E-state index contributed by atoms with van der Waals surface area (Å²) in [7, 11) is 0. The largest absolute Gasteiger partial charge is 0.478 e. The second-order valence-electron chi connectivity index (χ2n) is 7.05. The molecule has 4 atom stereocenters. The number of carbonyl (C=O) groups is 2. The average Bonchev–Trinajstić information content (AvgIpc) is 2.51. The smallest absolute Gasteiger partial charge is 0.328 e. The third kappa shape index (κ3) is 3.05. The second-order valence-corrected chi connectivity index (χ2v) is 7.05. The molecule has 1 saturated heterocycles. The number of esters is 1. The van der Waals surface area contributed by atoms with Gasteiger partial charge in [0, 0.05) is 24.8 Å². The van der Waals surface area contributed by atoms with E-state index in [0.717, 1.165) is 6.08 Å². The lowest BCUT2D eigenvalue weighted by atomic mass is 9.59. The van der Waals surface area contributed by atoms with E-state index in [2.05, 4.69) is 0 Å². The van der Waals surface area contributed by atoms with Crippen molar-refractivity contribution < 1.29 is 29.3 Å². The van der Waals surface area contributed by atoms with E-state index in [9.17, 15) is 14.7 Å². The zero-order valence-electron chi connectivity index (χ0n) is 14.0. The Balaban J connectivity index is 2.31. The first-order valence-corrected chi connectivity index (χ1v) is 7.65. The maximum Gasteiger partial charge on any atom is 0.328 e. The summed E-state index contributed by atoms with van der Waals surface area (Å²) in [6.45, 7) is 7.08. The number of hydrogen-bond donors (Lipinski definition) is 2. The third-order valence-corrected chi connectivity index (χ3v) is 5.00. The summed E-state index contributed by atoms with van der Waals surface area (Å²) in [4.78, 5) is 21.9. The van der Waals surface area contributed by atoms with E-state index in [1.54, 1.807) is 26.0 Å². The van der Waals surface area contributed by atoms with Crippen LogP contribution in [0.4, 0.5) is 0 Å². The van der Waals surface area contributed by atoms with E-state index in [4.69, 9.17) is 14.6 Å². The molecular weight excluding hydrogens is 300 g/mol. The Morgan fingerprint density at radius 3 is 2.43 bits per heavy atom. The first kappa shape index (κ1) is 17.7. The van der Waals surface area contributed by atoms with Crippen molar-refractivity contribution >= 4 is 11.9 Å². The summed E-state index contributed by atoms with van der Waals surface area (Å²) in [5.41, 5.74) is -2.23. The molecule has 0 amide bonds. The van der Waals surface area contributed by atoms with Crippen LogP contribution in [0.2, 0.25) is 0 Å². The number of aliphatic carboxylic acids is 1. The van der Waals surface area contributed by atoms with Crippen LogP contribution >= 0.6 is 0 Å². The predicted molar refractivity (Wildman–Crippen MR) is 82.7 cm³/mol. The van der Waals surface area contributed by atoms with Crippen molar-refractivity contribution in [2.45, 2.75) is 57.8 Å². The van der Waals surface area contributed by atoms with Crippen molar-refractivity contribution in [3.05, 3.63) is 23.8 Å². The van der Waals surface area contributed by atoms with Gasteiger partial charge in [0.25, 0.3) is 0 Å². The van der Waals surface area contributed by atoms with Gasteiger partial charge in [0.05, 0.1) is 6.61 Å². The Morgan fingerprint density at radius 1 is 1.26 bits per heavy atom. The molecule has 0 aromatic heterocycles. The number of carbonyl (C=O) groups excluding carboxylic acids is 1. The highest BCUT2D eigenvalue weighted by molar-refractivity contribution is 5.81. The van der Waals surface area contributed by atoms with E-state index in [1.165, 1.54) is 6.92 Å². The molecule has 2 fully saturated rings. The van der Waals surface area contributed by atoms with Crippen LogP contribution in [0.1, 0.15) is 40.5 Å². The molecule has 1 aliphatic heterocycles. The topological polar surface area (TPSA) is 93.1 Å². The fourth-order valence-corrected chi connectivity index (χ4v) is 3.81. The van der Waals surface area contributed by atoms with Crippen LogP contribution in [0.25, 0.3) is 0 Å². The number of carboxylic acids is 1. The molecule has 0 aromatic rings. The van der Waals surface area contributed by atoms with E-state index >= 15 is 0 Å². The molecule has 6 nitrogen and oxygen atoms in total. The van der Waals surface area contributed by atoms with E-state index in [1.807, 2.05) is 6.92 Å². The van der Waals surface area contributed by atoms with Gasteiger partial charge in [0.1, 0.15) is 17.3 Å². The fraction of sp³-hybridized carbons (Fsp3) is 0.647. The molecule has 1 saturated carbocycles. The van der Waals surface area contributed by atoms with Crippen LogP contribution in [-0.4, -0.2) is 46.1 Å². The van der Waals surface area contributed by atoms with Crippen molar-refractivity contribution in [2.24, 2.45) is 5.41 Å². The van der Waals surface area contributed by atoms with Crippen LogP contribution in [0, 0.1) is 5.41 Å². The number of fused-ring (bicyclic) bond motifs is 2. The van der Waals surface area contributed by atoms with Gasteiger partial charge in [-0.25, -0.2) is 4.79 Å². The number of carboxylic acid groups (broad SMARTS) is 1. The van der Waals surface area contributed by atoms with E-state index in [0.29, 0.717) is 25.0 Å². The van der Waals surface area contributed by atoms with Gasteiger partial charge in [-0.1, -0.05) is 13.0 Å². The molecule has 0 spiro atoms. The molecule has 2 N–H and O–H groups in total. The van der Waals surface area contributed by atoms with E-state index < -0.39 is 22.6 Å². The average molecular weight is 324 g/mol. The van der Waals surface area contributed by atoms with Crippen molar-refractivity contribution in [3.63, 3.8) is 0 Å². The molecule has 2 bridgehead atoms. The Morgan fingerprint density at radius 2 is 1.91 bits per heavy atom. The minimum atomic E-state index is -1.26. The minimum Gasteiger partial charge on any atom is -0.478 e. The molecule has 2 unspecified atom stereocenters. The van der Waals surface area contributed by atoms with E-state index in [-0.39, 0.29) is 12.1 Å². The minimum absolute atomic E-state index is 0.297. The lowest BCUT2D eigenvalue weighted by molar-refractivity contribution is -0.174. The van der Waals surface area contributed by atoms with Gasteiger partial charge in [-0.2, -0.15) is 0 Å². The van der Waals surface area contributed by atoms with Crippen LogP contribution in [0.15, 0.2) is 23.8 Å². The highest BCUT2D eigenvalue weighted by atomic mass is 16.6. The monoisotopic (exact) mass is 324 g/mol. The molecular formula is C17H24O6. The molecule has 2 rings (SSSR count). The standard InChI is InChI=1S/C17H24O6/c1-11(7-14(19)20)5-6-17(21)15(3)8-13(23-12(2)18)9-16(17,4)22-10-15/h5-7,13,21H,8-10H2,1-4H3,(H,19,20)/b6-5+,11-7-/t13?,15-,16?,17+/m1/s1. The molecule has 23 heavy (non-hydrogen) atoms. The maximum absolute atomic E-state index is 11.3. The van der Waals surface area contributed by atoms with Crippen LogP contribution < -0.4 is 0 Å². The first-order chi connectivity index (χ1) is 10.5. The Kier molecular flexibility index (Phi) is 4.43. The summed E-state index contributed by atoms with van der Waals surface area (Å²) in [6.07, 6.45) is 4.89. The highest BCUT2D eigenvalue weighted by Gasteiger charge is 2.67. The van der Waals surface area contributed by atoms with Gasteiger partial charge in [0.2, 0.25) is 0 Å². The Bertz CT molecular complexity index is 558. The van der Waals surface area contributed by atoms with Crippen LogP contribution in [0.3, 0.4) is 0 Å². The van der Waals surface area contributed by atoms with Crippen molar-refractivity contribution in [3.8, 4) is 0 Å². The molecule has 2 aliphatic rings. The number of rotatable bonds is 4. The molecule has 1 heterocycles. The fourth-order valence-electron chi connectivity index (χ4n) is 3.81. The quantitative estimate of drug-likeness (QED) is 0.465.